The number of fused-ring (bicyclic) bond motifs is 1. The van der Waals surface area contributed by atoms with E-state index in [1.165, 1.54) is 24.5 Å². The van der Waals surface area contributed by atoms with E-state index in [9.17, 15) is 4.79 Å². The van der Waals surface area contributed by atoms with E-state index in [-0.39, 0.29) is 16.8 Å². The third-order valence-corrected chi connectivity index (χ3v) is 8.71. The molecule has 2 heterocycles. The number of halogens is 2. The van der Waals surface area contributed by atoms with Gasteiger partial charge in [-0.15, -0.1) is 0 Å². The number of hydrogen-bond donors (Lipinski definition) is 2. The Labute approximate surface area is 236 Å². The lowest BCUT2D eigenvalue weighted by Crippen LogP contribution is -2.27. The van der Waals surface area contributed by atoms with Gasteiger partial charge in [-0.05, 0) is 93.6 Å². The number of thioether (sulfide) groups is 1. The van der Waals surface area contributed by atoms with Gasteiger partial charge in [-0.1, -0.05) is 15.9 Å². The molecule has 204 valence electrons. The van der Waals surface area contributed by atoms with Crippen molar-refractivity contribution in [1.82, 2.24) is 19.9 Å². The van der Waals surface area contributed by atoms with Gasteiger partial charge in [0.15, 0.2) is 5.82 Å². The Bertz CT molecular complexity index is 1270. The molecule has 7 nitrogen and oxygen atoms in total. The molecule has 0 atom stereocenters. The van der Waals surface area contributed by atoms with Crippen LogP contribution < -0.4 is 10.8 Å². The molecule has 1 aliphatic heterocycles. The first-order valence-corrected chi connectivity index (χ1v) is 15.4. The van der Waals surface area contributed by atoms with Crippen molar-refractivity contribution in [3.05, 3.63) is 52.0 Å². The maximum atomic E-state index is 16.0. The van der Waals surface area contributed by atoms with E-state index >= 15 is 4.39 Å². The minimum Gasteiger partial charge on any atom is -0.352 e. The third-order valence-electron chi connectivity index (χ3n) is 7.17. The fourth-order valence-corrected chi connectivity index (χ4v) is 6.14. The number of benzene rings is 2. The fraction of sp³-hybridized carbons (Fsp3) is 0.500. The maximum absolute atomic E-state index is 16.0. The zero-order chi connectivity index (χ0) is 26.5. The SMILES string of the molecule is Cc1cc(Br)ccc1Nc1c(C(=O)NOCC2CC2)cc2c(ncn2CCCCN2CCCSCC2)c1F. The van der Waals surface area contributed by atoms with Crippen LogP contribution in [0.3, 0.4) is 0 Å². The lowest BCUT2D eigenvalue weighted by atomic mass is 10.1. The molecular weight excluding hydrogens is 569 g/mol. The zero-order valence-electron chi connectivity index (χ0n) is 21.8. The molecule has 0 spiro atoms. The largest absolute Gasteiger partial charge is 0.352 e. The predicted octanol–water partition coefficient (Wildman–Crippen LogP) is 6.28. The molecular formula is C28H35BrFN5O2S. The minimum atomic E-state index is -0.544. The molecule has 3 aromatic rings. The van der Waals surface area contributed by atoms with E-state index < -0.39 is 11.7 Å². The number of amides is 1. The van der Waals surface area contributed by atoms with Gasteiger partial charge in [0.1, 0.15) is 5.52 Å². The second kappa shape index (κ2) is 12.8. The molecule has 2 aliphatic rings. The maximum Gasteiger partial charge on any atom is 0.277 e. The topological polar surface area (TPSA) is 71.4 Å². The number of aryl methyl sites for hydroxylation is 2. The van der Waals surface area contributed by atoms with E-state index in [4.69, 9.17) is 4.84 Å². The number of rotatable bonds is 11. The number of imidazole rings is 1. The first-order chi connectivity index (χ1) is 18.5. The summed E-state index contributed by atoms with van der Waals surface area (Å²) < 4.78 is 18.8. The van der Waals surface area contributed by atoms with Crippen LogP contribution >= 0.6 is 27.7 Å². The van der Waals surface area contributed by atoms with Crippen LogP contribution in [0, 0.1) is 18.7 Å². The summed E-state index contributed by atoms with van der Waals surface area (Å²) in [6, 6.07) is 7.40. The van der Waals surface area contributed by atoms with E-state index in [0.29, 0.717) is 23.7 Å². The van der Waals surface area contributed by atoms with Crippen LogP contribution in [0.1, 0.15) is 48.0 Å². The van der Waals surface area contributed by atoms with Crippen LogP contribution in [0.5, 0.6) is 0 Å². The number of nitrogens with one attached hydrogen (secondary N) is 2. The van der Waals surface area contributed by atoms with E-state index in [0.717, 1.165) is 55.4 Å². The highest BCUT2D eigenvalue weighted by molar-refractivity contribution is 9.10. The number of nitrogens with zero attached hydrogens (tertiary/aromatic N) is 3. The van der Waals surface area contributed by atoms with Crippen LogP contribution in [0.15, 0.2) is 35.1 Å². The lowest BCUT2D eigenvalue weighted by Gasteiger charge is -2.19. The summed E-state index contributed by atoms with van der Waals surface area (Å²) in [6.07, 6.45) is 7.18. The van der Waals surface area contributed by atoms with Crippen LogP contribution in [-0.2, 0) is 11.4 Å². The van der Waals surface area contributed by atoms with Crippen molar-refractivity contribution in [2.75, 3.05) is 43.1 Å². The van der Waals surface area contributed by atoms with Crippen LogP contribution in [0.4, 0.5) is 15.8 Å². The van der Waals surface area contributed by atoms with E-state index in [1.807, 2.05) is 41.5 Å². The Kier molecular flexibility index (Phi) is 9.24. The van der Waals surface area contributed by atoms with Crippen molar-refractivity contribution in [3.63, 3.8) is 0 Å². The van der Waals surface area contributed by atoms with E-state index in [1.54, 1.807) is 12.4 Å². The van der Waals surface area contributed by atoms with Gasteiger partial charge >= 0.3 is 0 Å². The molecule has 10 heteroatoms. The van der Waals surface area contributed by atoms with Crippen molar-refractivity contribution in [1.29, 1.82) is 0 Å². The molecule has 0 unspecified atom stereocenters. The fourth-order valence-electron chi connectivity index (χ4n) is 4.74. The van der Waals surface area contributed by atoms with Crippen molar-refractivity contribution < 1.29 is 14.0 Å². The smallest absolute Gasteiger partial charge is 0.277 e. The number of hydroxylamine groups is 1. The quantitative estimate of drug-likeness (QED) is 0.198. The Balaban J connectivity index is 1.36. The Morgan fingerprint density at radius 1 is 1.21 bits per heavy atom. The first kappa shape index (κ1) is 27.4. The Morgan fingerprint density at radius 3 is 2.87 bits per heavy atom. The lowest BCUT2D eigenvalue weighted by molar-refractivity contribution is 0.0271. The Hall–Kier alpha value is -2.14. The van der Waals surface area contributed by atoms with Gasteiger partial charge in [0, 0.05) is 29.0 Å². The summed E-state index contributed by atoms with van der Waals surface area (Å²) in [7, 11) is 0. The summed E-state index contributed by atoms with van der Waals surface area (Å²) in [4.78, 5) is 25.6. The van der Waals surface area contributed by atoms with Gasteiger partial charge < -0.3 is 14.8 Å². The summed E-state index contributed by atoms with van der Waals surface area (Å²) in [6.45, 7) is 6.52. The second-order valence-corrected chi connectivity index (χ2v) is 12.3. The molecule has 1 amide bonds. The average molecular weight is 605 g/mol. The number of hydrogen-bond acceptors (Lipinski definition) is 6. The zero-order valence-corrected chi connectivity index (χ0v) is 24.2. The monoisotopic (exact) mass is 603 g/mol. The van der Waals surface area contributed by atoms with Crippen LogP contribution in [-0.4, -0.2) is 58.1 Å². The standard InChI is InChI=1S/C28H35BrFN5O2S/c1-19-15-21(29)7-8-23(19)32-26-22(28(36)33-37-17-20-5-6-20)16-24-27(25(26)30)31-18-35(24)11-3-2-9-34-10-4-13-38-14-12-34/h7-8,15-16,18,20,32H,2-6,9-14,17H2,1H3,(H,33,36). The molecule has 1 saturated heterocycles. The second-order valence-electron chi connectivity index (χ2n) is 10.2. The molecule has 1 saturated carbocycles. The first-order valence-electron chi connectivity index (χ1n) is 13.4. The normalized spacial score (nSPS) is 16.5. The molecule has 5 rings (SSSR count). The molecule has 0 bridgehead atoms. The van der Waals surface area contributed by atoms with Crippen LogP contribution in [0.2, 0.25) is 0 Å². The van der Waals surface area contributed by atoms with Gasteiger partial charge in [0.2, 0.25) is 0 Å². The van der Waals surface area contributed by atoms with Gasteiger partial charge in [-0.25, -0.2) is 14.9 Å². The number of carbonyl (C=O) groups excluding carboxylic acids is 1. The number of carbonyl (C=O) groups is 1. The van der Waals surface area contributed by atoms with Gasteiger partial charge in [0.05, 0.1) is 29.7 Å². The number of aromatic nitrogens is 2. The molecule has 0 radical (unpaired) electrons. The summed E-state index contributed by atoms with van der Waals surface area (Å²) in [5, 5.41) is 3.16. The van der Waals surface area contributed by atoms with E-state index in [2.05, 4.69) is 36.6 Å². The van der Waals surface area contributed by atoms with Gasteiger partial charge in [-0.2, -0.15) is 11.8 Å². The molecule has 1 aliphatic carbocycles. The Morgan fingerprint density at radius 2 is 2.05 bits per heavy atom. The highest BCUT2D eigenvalue weighted by Gasteiger charge is 2.25. The summed E-state index contributed by atoms with van der Waals surface area (Å²) in [5.74, 6) is 1.93. The molecule has 2 fully saturated rings. The van der Waals surface area contributed by atoms with Crippen LogP contribution in [0.25, 0.3) is 11.0 Å². The molecule has 2 aromatic carbocycles. The number of anilines is 2. The minimum absolute atomic E-state index is 0.0970. The summed E-state index contributed by atoms with van der Waals surface area (Å²) in [5.41, 5.74) is 5.31. The predicted molar refractivity (Wildman–Crippen MR) is 156 cm³/mol. The highest BCUT2D eigenvalue weighted by atomic mass is 79.9. The highest BCUT2D eigenvalue weighted by Crippen LogP contribution is 2.33. The average Bonchev–Trinajstić information content (AvgIpc) is 3.68. The van der Waals surface area contributed by atoms with Crippen molar-refractivity contribution in [2.45, 2.75) is 45.6 Å². The van der Waals surface area contributed by atoms with Gasteiger partial charge in [-0.3, -0.25) is 9.63 Å². The van der Waals surface area contributed by atoms with Crippen molar-refractivity contribution in [3.8, 4) is 0 Å². The number of unbranched alkanes of at least 4 members (excludes halogenated alkanes) is 1. The van der Waals surface area contributed by atoms with Crippen molar-refractivity contribution >= 4 is 56.0 Å². The molecule has 38 heavy (non-hydrogen) atoms. The van der Waals surface area contributed by atoms with Crippen molar-refractivity contribution in [2.24, 2.45) is 5.92 Å². The summed E-state index contributed by atoms with van der Waals surface area (Å²) >= 11 is 5.50. The van der Waals surface area contributed by atoms with Gasteiger partial charge in [0.25, 0.3) is 5.91 Å². The molecule has 2 N–H and O–H groups in total. The third kappa shape index (κ3) is 6.89. The molecule has 1 aromatic heterocycles.